The summed E-state index contributed by atoms with van der Waals surface area (Å²) in [6.07, 6.45) is 9.42. The number of rotatable bonds is 5. The molecule has 3 rings (SSSR count). The fourth-order valence-corrected chi connectivity index (χ4v) is 3.60. The van der Waals surface area contributed by atoms with E-state index in [9.17, 15) is 9.59 Å². The molecule has 0 radical (unpaired) electrons. The van der Waals surface area contributed by atoms with Gasteiger partial charge in [-0.3, -0.25) is 14.6 Å². The van der Waals surface area contributed by atoms with Crippen LogP contribution in [0.4, 0.5) is 5.69 Å². The van der Waals surface area contributed by atoms with Crippen molar-refractivity contribution in [1.82, 2.24) is 15.6 Å². The molecule has 6 nitrogen and oxygen atoms in total. The molecule has 23 heavy (non-hydrogen) atoms. The number of pyridine rings is 1. The number of anilines is 1. The summed E-state index contributed by atoms with van der Waals surface area (Å²) < 4.78 is 0. The third kappa shape index (κ3) is 4.28. The fraction of sp³-hybridized carbons (Fsp3) is 0.588. The number of hydrogen-bond acceptors (Lipinski definition) is 4. The Morgan fingerprint density at radius 1 is 1.22 bits per heavy atom. The van der Waals surface area contributed by atoms with Crippen molar-refractivity contribution in [1.29, 1.82) is 0 Å². The molecule has 6 heteroatoms. The minimum atomic E-state index is -0.107. The summed E-state index contributed by atoms with van der Waals surface area (Å²) in [5, 5.41) is 9.11. The lowest BCUT2D eigenvalue weighted by Crippen LogP contribution is -2.43. The van der Waals surface area contributed by atoms with Gasteiger partial charge in [-0.15, -0.1) is 0 Å². The Hall–Kier alpha value is -1.95. The Morgan fingerprint density at radius 3 is 2.78 bits per heavy atom. The smallest absolute Gasteiger partial charge is 0.237 e. The molecule has 0 spiro atoms. The maximum absolute atomic E-state index is 12.2. The van der Waals surface area contributed by atoms with Crippen LogP contribution < -0.4 is 16.0 Å². The molecule has 1 saturated carbocycles. The third-order valence-electron chi connectivity index (χ3n) is 4.79. The number of nitrogens with zero attached hydrogens (tertiary/aromatic N) is 1. The summed E-state index contributed by atoms with van der Waals surface area (Å²) in [6, 6.07) is 3.89. The standard InChI is InChI=1S/C17H24N4O2/c22-16(20-13-5-8-18-9-6-13)7-10-19-17(23)15-11-12-3-1-2-4-14(12)21-15/h5-6,8-9,12,14-15,21H,1-4,7,10-11H2,(H,19,23)(H,18,20,22). The van der Waals surface area contributed by atoms with Crippen molar-refractivity contribution in [3.05, 3.63) is 24.5 Å². The summed E-state index contributed by atoms with van der Waals surface area (Å²) in [5.41, 5.74) is 0.720. The average Bonchev–Trinajstić information content (AvgIpc) is 3.00. The highest BCUT2D eigenvalue weighted by atomic mass is 16.2. The molecule has 1 aromatic heterocycles. The maximum Gasteiger partial charge on any atom is 0.237 e. The number of carbonyl (C=O) groups is 2. The second kappa shape index (κ2) is 7.55. The van der Waals surface area contributed by atoms with Crippen molar-refractivity contribution in [2.75, 3.05) is 11.9 Å². The summed E-state index contributed by atoms with van der Waals surface area (Å²) in [6.45, 7) is 0.364. The molecule has 1 aliphatic heterocycles. The first-order valence-electron chi connectivity index (χ1n) is 8.46. The minimum absolute atomic E-state index is 0.0242. The van der Waals surface area contributed by atoms with Gasteiger partial charge < -0.3 is 16.0 Å². The molecule has 3 unspecified atom stereocenters. The van der Waals surface area contributed by atoms with Gasteiger partial charge in [-0.2, -0.15) is 0 Å². The normalized spacial score (nSPS) is 26.3. The first kappa shape index (κ1) is 15.9. The molecule has 1 aliphatic carbocycles. The lowest BCUT2D eigenvalue weighted by atomic mass is 9.85. The first-order chi connectivity index (χ1) is 11.2. The molecule has 0 aromatic carbocycles. The Kier molecular flexibility index (Phi) is 5.23. The molecule has 3 N–H and O–H groups in total. The van der Waals surface area contributed by atoms with Crippen LogP contribution >= 0.6 is 0 Å². The van der Waals surface area contributed by atoms with Crippen molar-refractivity contribution >= 4 is 17.5 Å². The highest BCUT2D eigenvalue weighted by Gasteiger charge is 2.37. The van der Waals surface area contributed by atoms with Crippen LogP contribution in [0.2, 0.25) is 0 Å². The number of nitrogens with one attached hydrogen (secondary N) is 3. The van der Waals surface area contributed by atoms with Gasteiger partial charge in [-0.25, -0.2) is 0 Å². The topological polar surface area (TPSA) is 83.1 Å². The van der Waals surface area contributed by atoms with Gasteiger partial charge in [0.2, 0.25) is 11.8 Å². The fourth-order valence-electron chi connectivity index (χ4n) is 3.60. The van der Waals surface area contributed by atoms with E-state index in [-0.39, 0.29) is 24.3 Å². The Bertz CT molecular complexity index is 535. The number of amides is 2. The van der Waals surface area contributed by atoms with Gasteiger partial charge in [0.15, 0.2) is 0 Å². The van der Waals surface area contributed by atoms with Crippen LogP contribution in [0, 0.1) is 5.92 Å². The zero-order valence-corrected chi connectivity index (χ0v) is 13.3. The van der Waals surface area contributed by atoms with Crippen LogP contribution in [0.15, 0.2) is 24.5 Å². The average molecular weight is 316 g/mol. The summed E-state index contributed by atoms with van der Waals surface area (Å²) in [5.74, 6) is 0.565. The number of aromatic nitrogens is 1. The monoisotopic (exact) mass is 316 g/mol. The van der Waals surface area contributed by atoms with Gasteiger partial charge in [-0.1, -0.05) is 12.8 Å². The van der Waals surface area contributed by atoms with Gasteiger partial charge in [0, 0.05) is 37.1 Å². The van der Waals surface area contributed by atoms with Crippen LogP contribution in [0.3, 0.4) is 0 Å². The summed E-state index contributed by atoms with van der Waals surface area (Å²) >= 11 is 0. The Morgan fingerprint density at radius 2 is 2.00 bits per heavy atom. The second-order valence-electron chi connectivity index (χ2n) is 6.43. The van der Waals surface area contributed by atoms with Crippen LogP contribution in [-0.4, -0.2) is 35.4 Å². The molecule has 1 aromatic rings. The Balaban J connectivity index is 1.37. The van der Waals surface area contributed by atoms with Gasteiger partial charge in [0.05, 0.1) is 6.04 Å². The number of carbonyl (C=O) groups excluding carboxylic acids is 2. The van der Waals surface area contributed by atoms with E-state index in [4.69, 9.17) is 0 Å². The summed E-state index contributed by atoms with van der Waals surface area (Å²) in [4.78, 5) is 27.9. The zero-order chi connectivity index (χ0) is 16.1. The van der Waals surface area contributed by atoms with E-state index >= 15 is 0 Å². The van der Waals surface area contributed by atoms with Crippen molar-refractivity contribution in [3.8, 4) is 0 Å². The summed E-state index contributed by atoms with van der Waals surface area (Å²) in [7, 11) is 0. The molecule has 2 heterocycles. The van der Waals surface area contributed by atoms with Crippen molar-refractivity contribution in [2.24, 2.45) is 5.92 Å². The predicted molar refractivity (Wildman–Crippen MR) is 87.8 cm³/mol. The highest BCUT2D eigenvalue weighted by Crippen LogP contribution is 2.33. The molecule has 2 aliphatic rings. The van der Waals surface area contributed by atoms with E-state index in [1.807, 2.05) is 0 Å². The zero-order valence-electron chi connectivity index (χ0n) is 13.3. The lowest BCUT2D eigenvalue weighted by Gasteiger charge is -2.24. The number of hydrogen-bond donors (Lipinski definition) is 3. The van der Waals surface area contributed by atoms with E-state index in [0.717, 1.165) is 12.1 Å². The van der Waals surface area contributed by atoms with Crippen molar-refractivity contribution in [3.63, 3.8) is 0 Å². The van der Waals surface area contributed by atoms with E-state index < -0.39 is 0 Å². The van der Waals surface area contributed by atoms with Gasteiger partial charge in [0.25, 0.3) is 0 Å². The van der Waals surface area contributed by atoms with Crippen molar-refractivity contribution in [2.45, 2.75) is 50.6 Å². The quantitative estimate of drug-likeness (QED) is 0.768. The molecule has 1 saturated heterocycles. The van der Waals surface area contributed by atoms with Gasteiger partial charge in [0.1, 0.15) is 0 Å². The van der Waals surface area contributed by atoms with Gasteiger partial charge in [-0.05, 0) is 37.3 Å². The second-order valence-corrected chi connectivity index (χ2v) is 6.43. The van der Waals surface area contributed by atoms with Gasteiger partial charge >= 0.3 is 0 Å². The first-order valence-corrected chi connectivity index (χ1v) is 8.46. The van der Waals surface area contributed by atoms with Crippen LogP contribution in [-0.2, 0) is 9.59 Å². The van der Waals surface area contributed by atoms with Crippen LogP contribution in [0.25, 0.3) is 0 Å². The van der Waals surface area contributed by atoms with Crippen molar-refractivity contribution < 1.29 is 9.59 Å². The van der Waals surface area contributed by atoms with E-state index in [1.165, 1.54) is 25.7 Å². The largest absolute Gasteiger partial charge is 0.354 e. The Labute approximate surface area is 136 Å². The van der Waals surface area contributed by atoms with Crippen LogP contribution in [0.5, 0.6) is 0 Å². The molecule has 0 bridgehead atoms. The SMILES string of the molecule is O=C(CCNC(=O)C1CC2CCCCC2N1)Nc1ccncc1. The predicted octanol–water partition coefficient (Wildman–Crippen LogP) is 1.45. The molecule has 2 fully saturated rings. The van der Waals surface area contributed by atoms with E-state index in [1.54, 1.807) is 24.5 Å². The minimum Gasteiger partial charge on any atom is -0.354 e. The molecule has 124 valence electrons. The molecular weight excluding hydrogens is 292 g/mol. The highest BCUT2D eigenvalue weighted by molar-refractivity contribution is 5.91. The maximum atomic E-state index is 12.2. The van der Waals surface area contributed by atoms with E-state index in [2.05, 4.69) is 20.9 Å². The molecule has 3 atom stereocenters. The third-order valence-corrected chi connectivity index (χ3v) is 4.79. The lowest BCUT2D eigenvalue weighted by molar-refractivity contribution is -0.123. The molecular formula is C17H24N4O2. The molecule has 2 amide bonds. The van der Waals surface area contributed by atoms with E-state index in [0.29, 0.717) is 18.5 Å². The number of fused-ring (bicyclic) bond motifs is 1. The van der Waals surface area contributed by atoms with Crippen LogP contribution in [0.1, 0.15) is 38.5 Å².